The number of carboxylic acids is 1. The van der Waals surface area contributed by atoms with Crippen LogP contribution in [0.25, 0.3) is 11.5 Å². The summed E-state index contributed by atoms with van der Waals surface area (Å²) in [5.74, 6) is 0.412. The lowest BCUT2D eigenvalue weighted by atomic mass is 10.1. The van der Waals surface area contributed by atoms with Gasteiger partial charge in [0.25, 0.3) is 0 Å². The molecule has 0 saturated carbocycles. The van der Waals surface area contributed by atoms with Gasteiger partial charge in [0.2, 0.25) is 5.89 Å². The summed E-state index contributed by atoms with van der Waals surface area (Å²) in [5, 5.41) is 8.79. The van der Waals surface area contributed by atoms with E-state index in [1.54, 1.807) is 24.3 Å². The third kappa shape index (κ3) is 2.20. The van der Waals surface area contributed by atoms with Crippen molar-refractivity contribution < 1.29 is 14.3 Å². The SMILES string of the molecule is CCc1nc(-c2ccc(C(=O)O)cc2)oc1C. The number of carbonyl (C=O) groups is 1. The first-order valence-corrected chi connectivity index (χ1v) is 5.42. The lowest BCUT2D eigenvalue weighted by Gasteiger charge is -1.96. The van der Waals surface area contributed by atoms with Crippen LogP contribution in [0.15, 0.2) is 28.7 Å². The first-order valence-electron chi connectivity index (χ1n) is 5.42. The van der Waals surface area contributed by atoms with Crippen molar-refractivity contribution >= 4 is 5.97 Å². The number of oxazole rings is 1. The van der Waals surface area contributed by atoms with Crippen molar-refractivity contribution in [3.8, 4) is 11.5 Å². The van der Waals surface area contributed by atoms with Crippen molar-refractivity contribution in [2.24, 2.45) is 0 Å². The molecular weight excluding hydrogens is 218 g/mol. The highest BCUT2D eigenvalue weighted by atomic mass is 16.4. The summed E-state index contributed by atoms with van der Waals surface area (Å²) in [6.45, 7) is 3.89. The Kier molecular flexibility index (Phi) is 2.95. The van der Waals surface area contributed by atoms with Gasteiger partial charge >= 0.3 is 5.97 Å². The van der Waals surface area contributed by atoms with Crippen LogP contribution in [-0.4, -0.2) is 16.1 Å². The third-order valence-electron chi connectivity index (χ3n) is 2.61. The maximum atomic E-state index is 10.7. The van der Waals surface area contributed by atoms with Crippen LogP contribution in [-0.2, 0) is 6.42 Å². The average molecular weight is 231 g/mol. The molecule has 0 unspecified atom stereocenters. The molecule has 1 aromatic heterocycles. The number of hydrogen-bond donors (Lipinski definition) is 1. The zero-order chi connectivity index (χ0) is 12.4. The second kappa shape index (κ2) is 4.41. The van der Waals surface area contributed by atoms with E-state index in [0.29, 0.717) is 5.89 Å². The molecule has 0 bridgehead atoms. The van der Waals surface area contributed by atoms with Crippen LogP contribution >= 0.6 is 0 Å². The molecule has 0 fully saturated rings. The maximum absolute atomic E-state index is 10.7. The van der Waals surface area contributed by atoms with Gasteiger partial charge in [-0.1, -0.05) is 6.92 Å². The molecule has 1 heterocycles. The van der Waals surface area contributed by atoms with Gasteiger partial charge in [0.15, 0.2) is 0 Å². The lowest BCUT2D eigenvalue weighted by Crippen LogP contribution is -1.94. The number of hydrogen-bond acceptors (Lipinski definition) is 3. The molecule has 0 aliphatic carbocycles. The molecule has 2 rings (SSSR count). The predicted octanol–water partition coefficient (Wildman–Crippen LogP) is 2.91. The van der Waals surface area contributed by atoms with Crippen LogP contribution in [0.3, 0.4) is 0 Å². The monoisotopic (exact) mass is 231 g/mol. The normalized spacial score (nSPS) is 10.5. The Bertz CT molecular complexity index is 540. The van der Waals surface area contributed by atoms with Gasteiger partial charge in [-0.05, 0) is 37.6 Å². The van der Waals surface area contributed by atoms with Crippen molar-refractivity contribution in [1.82, 2.24) is 4.98 Å². The van der Waals surface area contributed by atoms with E-state index in [-0.39, 0.29) is 5.56 Å². The fourth-order valence-electron chi connectivity index (χ4n) is 1.63. The lowest BCUT2D eigenvalue weighted by molar-refractivity contribution is 0.0697. The number of benzene rings is 1. The van der Waals surface area contributed by atoms with Crippen LogP contribution in [0, 0.1) is 6.92 Å². The molecule has 0 aliphatic heterocycles. The van der Waals surface area contributed by atoms with Gasteiger partial charge in [0, 0.05) is 5.56 Å². The Balaban J connectivity index is 2.36. The van der Waals surface area contributed by atoms with Crippen molar-refractivity contribution in [3.05, 3.63) is 41.3 Å². The molecule has 0 spiro atoms. The molecule has 88 valence electrons. The summed E-state index contributed by atoms with van der Waals surface area (Å²) in [5.41, 5.74) is 1.98. The van der Waals surface area contributed by atoms with Crippen LogP contribution < -0.4 is 0 Å². The van der Waals surface area contributed by atoms with E-state index < -0.39 is 5.97 Å². The van der Waals surface area contributed by atoms with Crippen LogP contribution in [0.5, 0.6) is 0 Å². The Morgan fingerprint density at radius 2 is 2.00 bits per heavy atom. The summed E-state index contributed by atoms with van der Waals surface area (Å²) >= 11 is 0. The molecule has 1 aromatic carbocycles. The summed E-state index contributed by atoms with van der Waals surface area (Å²) in [6, 6.07) is 6.49. The summed E-state index contributed by atoms with van der Waals surface area (Å²) < 4.78 is 5.53. The molecule has 2 aromatic rings. The van der Waals surface area contributed by atoms with Gasteiger partial charge < -0.3 is 9.52 Å². The topological polar surface area (TPSA) is 63.3 Å². The Hall–Kier alpha value is -2.10. The Labute approximate surface area is 98.9 Å². The second-order valence-corrected chi connectivity index (χ2v) is 3.76. The van der Waals surface area contributed by atoms with Gasteiger partial charge in [-0.15, -0.1) is 0 Å². The molecule has 4 nitrogen and oxygen atoms in total. The van der Waals surface area contributed by atoms with Crippen LogP contribution in [0.1, 0.15) is 28.7 Å². The number of aryl methyl sites for hydroxylation is 2. The highest BCUT2D eigenvalue weighted by Crippen LogP contribution is 2.22. The van der Waals surface area contributed by atoms with E-state index in [0.717, 1.165) is 23.4 Å². The standard InChI is InChI=1S/C13H13NO3/c1-3-11-8(2)17-12(14-11)9-4-6-10(7-5-9)13(15)16/h4-7H,3H2,1-2H3,(H,15,16). The van der Waals surface area contributed by atoms with E-state index in [9.17, 15) is 4.79 Å². The van der Waals surface area contributed by atoms with E-state index in [4.69, 9.17) is 9.52 Å². The first-order chi connectivity index (χ1) is 8.11. The van der Waals surface area contributed by atoms with Crippen molar-refractivity contribution in [1.29, 1.82) is 0 Å². The quantitative estimate of drug-likeness (QED) is 0.882. The molecule has 0 saturated heterocycles. The van der Waals surface area contributed by atoms with Crippen molar-refractivity contribution in [2.45, 2.75) is 20.3 Å². The molecule has 4 heteroatoms. The van der Waals surface area contributed by atoms with Gasteiger partial charge in [-0.2, -0.15) is 0 Å². The number of aromatic nitrogens is 1. The fraction of sp³-hybridized carbons (Fsp3) is 0.231. The van der Waals surface area contributed by atoms with Gasteiger partial charge in [-0.3, -0.25) is 0 Å². The summed E-state index contributed by atoms with van der Waals surface area (Å²) in [6.07, 6.45) is 0.822. The Morgan fingerprint density at radius 1 is 1.35 bits per heavy atom. The second-order valence-electron chi connectivity index (χ2n) is 3.76. The molecule has 0 radical (unpaired) electrons. The van der Waals surface area contributed by atoms with Gasteiger partial charge in [-0.25, -0.2) is 9.78 Å². The van der Waals surface area contributed by atoms with Gasteiger partial charge in [0.05, 0.1) is 11.3 Å². The van der Waals surface area contributed by atoms with E-state index >= 15 is 0 Å². The minimum Gasteiger partial charge on any atom is -0.478 e. The molecule has 0 aliphatic rings. The van der Waals surface area contributed by atoms with Crippen molar-refractivity contribution in [3.63, 3.8) is 0 Å². The molecule has 1 N–H and O–H groups in total. The molecular formula is C13H13NO3. The first kappa shape index (κ1) is 11.4. The number of aromatic carboxylic acids is 1. The van der Waals surface area contributed by atoms with E-state index in [1.165, 1.54) is 0 Å². The molecule has 0 atom stereocenters. The van der Waals surface area contributed by atoms with Crippen LogP contribution in [0.4, 0.5) is 0 Å². The Morgan fingerprint density at radius 3 is 2.47 bits per heavy atom. The maximum Gasteiger partial charge on any atom is 0.335 e. The predicted molar refractivity (Wildman–Crippen MR) is 63.0 cm³/mol. The number of rotatable bonds is 3. The highest BCUT2D eigenvalue weighted by molar-refractivity contribution is 5.88. The van der Waals surface area contributed by atoms with Crippen LogP contribution in [0.2, 0.25) is 0 Å². The summed E-state index contributed by atoms with van der Waals surface area (Å²) in [4.78, 5) is 15.1. The molecule has 17 heavy (non-hydrogen) atoms. The average Bonchev–Trinajstić information content (AvgIpc) is 2.70. The smallest absolute Gasteiger partial charge is 0.335 e. The summed E-state index contributed by atoms with van der Waals surface area (Å²) in [7, 11) is 0. The van der Waals surface area contributed by atoms with Gasteiger partial charge in [0.1, 0.15) is 5.76 Å². The zero-order valence-corrected chi connectivity index (χ0v) is 9.73. The minimum absolute atomic E-state index is 0.257. The molecule has 0 amide bonds. The zero-order valence-electron chi connectivity index (χ0n) is 9.73. The highest BCUT2D eigenvalue weighted by Gasteiger charge is 2.10. The van der Waals surface area contributed by atoms with Crippen molar-refractivity contribution in [2.75, 3.05) is 0 Å². The number of carboxylic acid groups (broad SMARTS) is 1. The minimum atomic E-state index is -0.936. The van der Waals surface area contributed by atoms with E-state index in [2.05, 4.69) is 4.98 Å². The number of nitrogens with zero attached hydrogens (tertiary/aromatic N) is 1. The third-order valence-corrected chi connectivity index (χ3v) is 2.61. The largest absolute Gasteiger partial charge is 0.478 e. The fourth-order valence-corrected chi connectivity index (χ4v) is 1.63. The van der Waals surface area contributed by atoms with E-state index in [1.807, 2.05) is 13.8 Å².